The fraction of sp³-hybridized carbons (Fsp3) is 0.133. The number of amides is 1. The number of anilines is 1. The minimum atomic E-state index is -0.0459. The Balaban J connectivity index is 1.72. The summed E-state index contributed by atoms with van der Waals surface area (Å²) >= 11 is 6.02. The van der Waals surface area contributed by atoms with Crippen LogP contribution < -0.4 is 5.32 Å². The number of benzene rings is 1. The van der Waals surface area contributed by atoms with Crippen LogP contribution in [0.5, 0.6) is 0 Å². The number of carbonyl (C=O) groups is 1. The van der Waals surface area contributed by atoms with Gasteiger partial charge in [0, 0.05) is 29.1 Å². The maximum absolute atomic E-state index is 11.8. The van der Waals surface area contributed by atoms with Gasteiger partial charge in [0.25, 0.3) is 0 Å². The lowest BCUT2D eigenvalue weighted by atomic mass is 9.89. The maximum atomic E-state index is 11.8. The van der Waals surface area contributed by atoms with Crippen LogP contribution >= 0.6 is 11.6 Å². The minimum Gasteiger partial charge on any atom is -0.311 e. The Hall–Kier alpha value is -2.60. The van der Waals surface area contributed by atoms with Crippen molar-refractivity contribution in [3.05, 3.63) is 59.0 Å². The van der Waals surface area contributed by atoms with E-state index in [0.717, 1.165) is 16.8 Å². The Labute approximate surface area is 131 Å². The number of hydrogen-bond donors (Lipinski definition) is 2. The van der Waals surface area contributed by atoms with Gasteiger partial charge in [0.1, 0.15) is 5.82 Å². The summed E-state index contributed by atoms with van der Waals surface area (Å²) < 4.78 is 1.76. The average molecular weight is 314 g/mol. The standard InChI is InChI=1S/C15H12ClN5O/c16-10-2-1-3-11(4-10)21-8-9(6-18-21)12-5-14(22)19-15-13(12)7-17-20-15/h1-4,6-8,12H,5H2,(H2,17,19,20,22). The van der Waals surface area contributed by atoms with E-state index in [2.05, 4.69) is 20.6 Å². The zero-order valence-corrected chi connectivity index (χ0v) is 12.2. The van der Waals surface area contributed by atoms with Crippen LogP contribution in [0.4, 0.5) is 5.82 Å². The number of carbonyl (C=O) groups excluding carboxylic acids is 1. The van der Waals surface area contributed by atoms with Gasteiger partial charge in [-0.25, -0.2) is 4.68 Å². The van der Waals surface area contributed by atoms with Crippen LogP contribution in [0.15, 0.2) is 42.9 Å². The van der Waals surface area contributed by atoms with Crippen LogP contribution in [-0.2, 0) is 4.79 Å². The van der Waals surface area contributed by atoms with Crippen molar-refractivity contribution in [1.29, 1.82) is 0 Å². The molecular formula is C15H12ClN5O. The highest BCUT2D eigenvalue weighted by Crippen LogP contribution is 2.35. The van der Waals surface area contributed by atoms with E-state index < -0.39 is 0 Å². The molecule has 22 heavy (non-hydrogen) atoms. The fourth-order valence-electron chi connectivity index (χ4n) is 2.72. The molecular weight excluding hydrogens is 302 g/mol. The first-order valence-corrected chi connectivity index (χ1v) is 7.22. The molecule has 1 aromatic carbocycles. The largest absolute Gasteiger partial charge is 0.311 e. The lowest BCUT2D eigenvalue weighted by molar-refractivity contribution is -0.116. The SMILES string of the molecule is O=C1CC(c2cnn(-c3cccc(Cl)c3)c2)c2cn[nH]c2N1. The summed E-state index contributed by atoms with van der Waals surface area (Å²) in [6, 6.07) is 7.47. The zero-order chi connectivity index (χ0) is 15.1. The number of halogens is 1. The molecule has 0 radical (unpaired) electrons. The number of rotatable bonds is 2. The first-order valence-electron chi connectivity index (χ1n) is 6.84. The molecule has 1 aliphatic heterocycles. The Morgan fingerprint density at radius 2 is 2.23 bits per heavy atom. The van der Waals surface area contributed by atoms with Crippen molar-refractivity contribution >= 4 is 23.3 Å². The highest BCUT2D eigenvalue weighted by atomic mass is 35.5. The Kier molecular flexibility index (Phi) is 2.97. The molecule has 3 aromatic rings. The van der Waals surface area contributed by atoms with E-state index in [-0.39, 0.29) is 11.8 Å². The lowest BCUT2D eigenvalue weighted by Crippen LogP contribution is -2.22. The molecule has 2 aromatic heterocycles. The predicted octanol–water partition coefficient (Wildman–Crippen LogP) is 2.72. The van der Waals surface area contributed by atoms with Crippen molar-refractivity contribution < 1.29 is 4.79 Å². The summed E-state index contributed by atoms with van der Waals surface area (Å²) in [5.41, 5.74) is 2.83. The number of hydrogen-bond acceptors (Lipinski definition) is 3. The second-order valence-corrected chi connectivity index (χ2v) is 5.64. The summed E-state index contributed by atoms with van der Waals surface area (Å²) in [6.07, 6.45) is 5.83. The number of H-pyrrole nitrogens is 1. The number of aromatic amines is 1. The molecule has 4 rings (SSSR count). The molecule has 2 N–H and O–H groups in total. The number of nitrogens with zero attached hydrogens (tertiary/aromatic N) is 3. The van der Waals surface area contributed by atoms with Crippen molar-refractivity contribution in [2.24, 2.45) is 0 Å². The molecule has 0 bridgehead atoms. The van der Waals surface area contributed by atoms with Gasteiger partial charge in [-0.15, -0.1) is 0 Å². The molecule has 7 heteroatoms. The molecule has 0 saturated heterocycles. The van der Waals surface area contributed by atoms with Gasteiger partial charge in [-0.2, -0.15) is 10.2 Å². The van der Waals surface area contributed by atoms with Gasteiger partial charge in [0.05, 0.1) is 18.1 Å². The second kappa shape index (κ2) is 4.99. The van der Waals surface area contributed by atoms with Crippen LogP contribution in [0, 0.1) is 0 Å². The van der Waals surface area contributed by atoms with Crippen LogP contribution in [0.25, 0.3) is 5.69 Å². The smallest absolute Gasteiger partial charge is 0.226 e. The van der Waals surface area contributed by atoms with Crippen molar-refractivity contribution in [2.75, 3.05) is 5.32 Å². The Morgan fingerprint density at radius 3 is 3.09 bits per heavy atom. The van der Waals surface area contributed by atoms with Gasteiger partial charge in [0.15, 0.2) is 0 Å². The van der Waals surface area contributed by atoms with Crippen LogP contribution in [0.2, 0.25) is 5.02 Å². The monoisotopic (exact) mass is 313 g/mol. The molecule has 6 nitrogen and oxygen atoms in total. The van der Waals surface area contributed by atoms with Crippen molar-refractivity contribution in [1.82, 2.24) is 20.0 Å². The van der Waals surface area contributed by atoms with Gasteiger partial charge in [-0.3, -0.25) is 9.89 Å². The Morgan fingerprint density at radius 1 is 1.32 bits per heavy atom. The number of aromatic nitrogens is 4. The predicted molar refractivity (Wildman–Crippen MR) is 82.3 cm³/mol. The van der Waals surface area contributed by atoms with Crippen molar-refractivity contribution in [2.45, 2.75) is 12.3 Å². The van der Waals surface area contributed by atoms with Gasteiger partial charge in [-0.1, -0.05) is 17.7 Å². The van der Waals surface area contributed by atoms with Crippen molar-refractivity contribution in [3.63, 3.8) is 0 Å². The van der Waals surface area contributed by atoms with E-state index in [1.807, 2.05) is 30.5 Å². The van der Waals surface area contributed by atoms with Gasteiger partial charge in [-0.05, 0) is 23.8 Å². The summed E-state index contributed by atoms with van der Waals surface area (Å²) in [6.45, 7) is 0. The molecule has 1 amide bonds. The molecule has 1 aliphatic rings. The normalized spacial score (nSPS) is 17.1. The van der Waals surface area contributed by atoms with Crippen LogP contribution in [0.3, 0.4) is 0 Å². The quantitative estimate of drug-likeness (QED) is 0.764. The summed E-state index contributed by atoms with van der Waals surface area (Å²) in [7, 11) is 0. The summed E-state index contributed by atoms with van der Waals surface area (Å²) in [4.78, 5) is 11.8. The molecule has 3 heterocycles. The van der Waals surface area contributed by atoms with E-state index in [1.165, 1.54) is 0 Å². The first-order chi connectivity index (χ1) is 10.7. The molecule has 0 saturated carbocycles. The number of fused-ring (bicyclic) bond motifs is 1. The van der Waals surface area contributed by atoms with Crippen LogP contribution in [-0.4, -0.2) is 25.9 Å². The minimum absolute atomic E-state index is 0.0303. The van der Waals surface area contributed by atoms with Gasteiger partial charge < -0.3 is 5.32 Å². The summed E-state index contributed by atoms with van der Waals surface area (Å²) in [5, 5.41) is 14.6. The number of nitrogens with one attached hydrogen (secondary N) is 2. The lowest BCUT2D eigenvalue weighted by Gasteiger charge is -2.20. The first kappa shape index (κ1) is 13.1. The average Bonchev–Trinajstić information content (AvgIpc) is 3.15. The van der Waals surface area contributed by atoms with E-state index in [9.17, 15) is 4.79 Å². The van der Waals surface area contributed by atoms with Crippen molar-refractivity contribution in [3.8, 4) is 5.69 Å². The maximum Gasteiger partial charge on any atom is 0.226 e. The topological polar surface area (TPSA) is 75.6 Å². The molecule has 1 unspecified atom stereocenters. The highest BCUT2D eigenvalue weighted by Gasteiger charge is 2.29. The van der Waals surface area contributed by atoms with E-state index in [4.69, 9.17) is 11.6 Å². The molecule has 0 spiro atoms. The molecule has 110 valence electrons. The van der Waals surface area contributed by atoms with E-state index in [1.54, 1.807) is 17.1 Å². The van der Waals surface area contributed by atoms with Gasteiger partial charge >= 0.3 is 0 Å². The molecule has 1 atom stereocenters. The zero-order valence-electron chi connectivity index (χ0n) is 11.5. The summed E-state index contributed by atoms with van der Waals surface area (Å²) in [5.74, 6) is 0.587. The third-order valence-corrected chi connectivity index (χ3v) is 4.01. The fourth-order valence-corrected chi connectivity index (χ4v) is 2.90. The van der Waals surface area contributed by atoms with Gasteiger partial charge in [0.2, 0.25) is 5.91 Å². The van der Waals surface area contributed by atoms with Crippen LogP contribution in [0.1, 0.15) is 23.5 Å². The second-order valence-electron chi connectivity index (χ2n) is 5.20. The van der Waals surface area contributed by atoms with E-state index in [0.29, 0.717) is 17.3 Å². The van der Waals surface area contributed by atoms with E-state index >= 15 is 0 Å². The highest BCUT2D eigenvalue weighted by molar-refractivity contribution is 6.30. The molecule has 0 fully saturated rings. The Bertz CT molecular complexity index is 853. The molecule has 0 aliphatic carbocycles. The third kappa shape index (κ3) is 2.17. The third-order valence-electron chi connectivity index (χ3n) is 3.78.